The third-order valence-electron chi connectivity index (χ3n) is 3.65. The summed E-state index contributed by atoms with van der Waals surface area (Å²) in [4.78, 5) is 28.4. The van der Waals surface area contributed by atoms with Crippen LogP contribution in [-0.2, 0) is 4.79 Å². The van der Waals surface area contributed by atoms with Gasteiger partial charge in [-0.1, -0.05) is 6.92 Å². The standard InChI is InChI=1S/C18H22N2O3S/c1-12(18-20-13(2)11-24-18)10-19-17(22)9-8-16(21)14-4-6-15(23-3)7-5-14/h4-7,11-12H,8-10H2,1-3H3,(H,19,22). The Bertz CT molecular complexity index is 695. The van der Waals surface area contributed by atoms with Crippen molar-refractivity contribution in [2.45, 2.75) is 32.6 Å². The first-order chi connectivity index (χ1) is 11.5. The second kappa shape index (κ2) is 8.59. The lowest BCUT2D eigenvalue weighted by Gasteiger charge is -2.10. The molecule has 0 spiro atoms. The summed E-state index contributed by atoms with van der Waals surface area (Å²) in [5, 5.41) is 5.89. The molecular formula is C18H22N2O3S. The zero-order chi connectivity index (χ0) is 17.5. The Morgan fingerprint density at radius 3 is 2.54 bits per heavy atom. The van der Waals surface area contributed by atoms with Gasteiger partial charge in [-0.25, -0.2) is 4.98 Å². The van der Waals surface area contributed by atoms with Crippen LogP contribution in [0.3, 0.4) is 0 Å². The van der Waals surface area contributed by atoms with E-state index in [1.807, 2.05) is 19.2 Å². The number of ether oxygens (including phenoxy) is 1. The van der Waals surface area contributed by atoms with Crippen molar-refractivity contribution in [2.75, 3.05) is 13.7 Å². The highest BCUT2D eigenvalue weighted by Crippen LogP contribution is 2.19. The van der Waals surface area contributed by atoms with Crippen molar-refractivity contribution < 1.29 is 14.3 Å². The molecule has 1 aromatic carbocycles. The summed E-state index contributed by atoms with van der Waals surface area (Å²) in [6, 6.07) is 6.91. The van der Waals surface area contributed by atoms with Gasteiger partial charge < -0.3 is 10.1 Å². The van der Waals surface area contributed by atoms with Crippen LogP contribution < -0.4 is 10.1 Å². The van der Waals surface area contributed by atoms with E-state index in [1.165, 1.54) is 0 Å². The molecule has 1 aromatic heterocycles. The fraction of sp³-hybridized carbons (Fsp3) is 0.389. The maximum absolute atomic E-state index is 12.1. The van der Waals surface area contributed by atoms with Crippen LogP contribution in [0.15, 0.2) is 29.6 Å². The van der Waals surface area contributed by atoms with Gasteiger partial charge >= 0.3 is 0 Å². The SMILES string of the molecule is COc1ccc(C(=O)CCC(=O)NCC(C)c2nc(C)cs2)cc1. The van der Waals surface area contributed by atoms with Gasteiger partial charge in [0.05, 0.1) is 12.1 Å². The molecule has 24 heavy (non-hydrogen) atoms. The second-order valence-corrected chi connectivity index (χ2v) is 6.57. The maximum Gasteiger partial charge on any atom is 0.220 e. The Morgan fingerprint density at radius 2 is 1.96 bits per heavy atom. The quantitative estimate of drug-likeness (QED) is 0.744. The minimum absolute atomic E-state index is 0.0450. The Kier molecular flexibility index (Phi) is 6.49. The summed E-state index contributed by atoms with van der Waals surface area (Å²) in [5.74, 6) is 0.717. The third-order valence-corrected chi connectivity index (χ3v) is 4.85. The molecule has 1 N–H and O–H groups in total. The number of hydrogen-bond acceptors (Lipinski definition) is 5. The number of benzene rings is 1. The molecule has 2 rings (SSSR count). The van der Waals surface area contributed by atoms with Crippen LogP contribution in [0.2, 0.25) is 0 Å². The minimum atomic E-state index is -0.114. The van der Waals surface area contributed by atoms with Gasteiger partial charge in [0.2, 0.25) is 5.91 Å². The molecule has 0 bridgehead atoms. The molecule has 0 fully saturated rings. The van der Waals surface area contributed by atoms with Crippen molar-refractivity contribution >= 4 is 23.0 Å². The summed E-state index contributed by atoms with van der Waals surface area (Å²) in [5.41, 5.74) is 1.59. The highest BCUT2D eigenvalue weighted by atomic mass is 32.1. The highest BCUT2D eigenvalue weighted by molar-refractivity contribution is 7.09. The second-order valence-electron chi connectivity index (χ2n) is 5.68. The summed E-state index contributed by atoms with van der Waals surface area (Å²) in [6.07, 6.45) is 0.386. The van der Waals surface area contributed by atoms with Crippen molar-refractivity contribution in [1.29, 1.82) is 0 Å². The van der Waals surface area contributed by atoms with E-state index in [-0.39, 0.29) is 30.4 Å². The molecule has 0 aliphatic heterocycles. The molecule has 0 aliphatic carbocycles. The smallest absolute Gasteiger partial charge is 0.220 e. The van der Waals surface area contributed by atoms with Crippen molar-refractivity contribution in [3.05, 3.63) is 45.9 Å². The highest BCUT2D eigenvalue weighted by Gasteiger charge is 2.13. The molecular weight excluding hydrogens is 324 g/mol. The number of nitrogens with zero attached hydrogens (tertiary/aromatic N) is 1. The summed E-state index contributed by atoms with van der Waals surface area (Å²) < 4.78 is 5.06. The van der Waals surface area contributed by atoms with E-state index < -0.39 is 0 Å². The largest absolute Gasteiger partial charge is 0.497 e. The topological polar surface area (TPSA) is 68.3 Å². The Balaban J connectivity index is 1.74. The van der Waals surface area contributed by atoms with E-state index in [0.717, 1.165) is 10.7 Å². The van der Waals surface area contributed by atoms with E-state index in [0.29, 0.717) is 17.9 Å². The third kappa shape index (κ3) is 5.16. The number of hydrogen-bond donors (Lipinski definition) is 1. The van der Waals surface area contributed by atoms with Gasteiger partial charge in [-0.2, -0.15) is 0 Å². The normalized spacial score (nSPS) is 11.8. The Hall–Kier alpha value is -2.21. The molecule has 0 saturated heterocycles. The van der Waals surface area contributed by atoms with E-state index >= 15 is 0 Å². The minimum Gasteiger partial charge on any atom is -0.497 e. The van der Waals surface area contributed by atoms with Crippen LogP contribution in [0.5, 0.6) is 5.75 Å². The Labute approximate surface area is 146 Å². The number of Topliss-reactive ketones (excluding diaryl/α,β-unsaturated/α-hetero) is 1. The van der Waals surface area contributed by atoms with Crippen molar-refractivity contribution in [2.24, 2.45) is 0 Å². The number of amides is 1. The zero-order valence-electron chi connectivity index (χ0n) is 14.2. The number of methoxy groups -OCH3 is 1. The van der Waals surface area contributed by atoms with E-state index in [4.69, 9.17) is 4.74 Å². The fourth-order valence-corrected chi connectivity index (χ4v) is 3.05. The van der Waals surface area contributed by atoms with E-state index in [2.05, 4.69) is 10.3 Å². The maximum atomic E-state index is 12.1. The average molecular weight is 346 g/mol. The van der Waals surface area contributed by atoms with Crippen LogP contribution in [0, 0.1) is 6.92 Å². The van der Waals surface area contributed by atoms with E-state index in [9.17, 15) is 9.59 Å². The fourth-order valence-electron chi connectivity index (χ4n) is 2.19. The first-order valence-corrected chi connectivity index (χ1v) is 8.73. The van der Waals surface area contributed by atoms with Gasteiger partial charge in [0, 0.05) is 41.9 Å². The summed E-state index contributed by atoms with van der Waals surface area (Å²) in [7, 11) is 1.58. The van der Waals surface area contributed by atoms with Gasteiger partial charge in [0.1, 0.15) is 5.75 Å². The number of nitrogens with one attached hydrogen (secondary N) is 1. The first kappa shape index (κ1) is 18.1. The number of carbonyl (C=O) groups is 2. The lowest BCUT2D eigenvalue weighted by molar-refractivity contribution is -0.121. The average Bonchev–Trinajstić information content (AvgIpc) is 3.04. The predicted octanol–water partition coefficient (Wildman–Crippen LogP) is 3.34. The van der Waals surface area contributed by atoms with Gasteiger partial charge in [-0.3, -0.25) is 9.59 Å². The molecule has 1 unspecified atom stereocenters. The van der Waals surface area contributed by atoms with Gasteiger partial charge in [-0.05, 0) is 31.2 Å². The Morgan fingerprint density at radius 1 is 1.25 bits per heavy atom. The zero-order valence-corrected chi connectivity index (χ0v) is 15.0. The van der Waals surface area contributed by atoms with Crippen LogP contribution >= 0.6 is 11.3 Å². The molecule has 1 heterocycles. The van der Waals surface area contributed by atoms with E-state index in [1.54, 1.807) is 42.7 Å². The number of thiazole rings is 1. The number of ketones is 1. The van der Waals surface area contributed by atoms with Crippen molar-refractivity contribution in [1.82, 2.24) is 10.3 Å². The van der Waals surface area contributed by atoms with Gasteiger partial charge in [0.25, 0.3) is 0 Å². The molecule has 5 nitrogen and oxygen atoms in total. The number of rotatable bonds is 8. The van der Waals surface area contributed by atoms with Gasteiger partial charge in [-0.15, -0.1) is 11.3 Å². The first-order valence-electron chi connectivity index (χ1n) is 7.85. The molecule has 1 amide bonds. The number of carbonyl (C=O) groups excluding carboxylic acids is 2. The predicted molar refractivity (Wildman–Crippen MR) is 94.8 cm³/mol. The van der Waals surface area contributed by atoms with Crippen molar-refractivity contribution in [3.8, 4) is 5.75 Å². The van der Waals surface area contributed by atoms with Crippen LogP contribution in [0.1, 0.15) is 46.7 Å². The lowest BCUT2D eigenvalue weighted by atomic mass is 10.1. The summed E-state index contributed by atoms with van der Waals surface area (Å²) in [6.45, 7) is 4.51. The molecule has 6 heteroatoms. The molecule has 0 aliphatic rings. The summed E-state index contributed by atoms with van der Waals surface area (Å²) >= 11 is 1.60. The molecule has 2 aromatic rings. The monoisotopic (exact) mass is 346 g/mol. The lowest BCUT2D eigenvalue weighted by Crippen LogP contribution is -2.27. The van der Waals surface area contributed by atoms with Crippen molar-refractivity contribution in [3.63, 3.8) is 0 Å². The van der Waals surface area contributed by atoms with Crippen LogP contribution in [-0.4, -0.2) is 30.3 Å². The number of aromatic nitrogens is 1. The molecule has 1 atom stereocenters. The molecule has 0 radical (unpaired) electrons. The van der Waals surface area contributed by atoms with Crippen LogP contribution in [0.25, 0.3) is 0 Å². The molecule has 128 valence electrons. The van der Waals surface area contributed by atoms with Gasteiger partial charge in [0.15, 0.2) is 5.78 Å². The molecule has 0 saturated carbocycles. The van der Waals surface area contributed by atoms with Crippen LogP contribution in [0.4, 0.5) is 0 Å². The number of aryl methyl sites for hydroxylation is 1.